The van der Waals surface area contributed by atoms with Crippen molar-refractivity contribution >= 4 is 33.1 Å². The first kappa shape index (κ1) is 21.3. The summed E-state index contributed by atoms with van der Waals surface area (Å²) in [5.74, 6) is -0.313. The first-order chi connectivity index (χ1) is 14.7. The van der Waals surface area contributed by atoms with Crippen molar-refractivity contribution in [3.63, 3.8) is 0 Å². The standard InChI is InChI=1S/C23H25N3O4S/c1-25(2)16-8-6-15(7-9-16)19-14-22(28)26(20-4-3-5-21(27)23(19)20)17-10-12-18(13-11-17)31(24,29)30/h6-13,19H,3-5,14H2,1-2H3,(H2,24,29,30). The molecule has 1 unspecified atom stereocenters. The summed E-state index contributed by atoms with van der Waals surface area (Å²) in [5.41, 5.74) is 3.95. The van der Waals surface area contributed by atoms with Crippen LogP contribution in [0, 0.1) is 0 Å². The molecule has 2 aromatic carbocycles. The molecular weight excluding hydrogens is 414 g/mol. The van der Waals surface area contributed by atoms with Gasteiger partial charge in [0.05, 0.1) is 4.90 Å². The number of rotatable bonds is 4. The number of carbonyl (C=O) groups excluding carboxylic acids is 2. The van der Waals surface area contributed by atoms with E-state index in [9.17, 15) is 18.0 Å². The summed E-state index contributed by atoms with van der Waals surface area (Å²) in [6.07, 6.45) is 1.96. The fourth-order valence-electron chi connectivity index (χ4n) is 4.37. The summed E-state index contributed by atoms with van der Waals surface area (Å²) in [5, 5.41) is 5.18. The molecule has 0 saturated carbocycles. The smallest absolute Gasteiger partial charge is 0.238 e. The van der Waals surface area contributed by atoms with Gasteiger partial charge in [-0.3, -0.25) is 14.5 Å². The number of primary sulfonamides is 1. The number of anilines is 2. The van der Waals surface area contributed by atoms with E-state index in [-0.39, 0.29) is 28.9 Å². The SMILES string of the molecule is CN(C)c1ccc(C2CC(=O)N(c3ccc(S(N)(=O)=O)cc3)C3=C2C(=O)CCC3)cc1. The zero-order valence-electron chi connectivity index (χ0n) is 17.5. The molecule has 1 aliphatic carbocycles. The summed E-state index contributed by atoms with van der Waals surface area (Å²) in [6, 6.07) is 13.8. The second kappa shape index (κ2) is 7.94. The number of allylic oxidation sites excluding steroid dienone is 2. The molecule has 2 aliphatic rings. The molecule has 31 heavy (non-hydrogen) atoms. The van der Waals surface area contributed by atoms with Crippen molar-refractivity contribution in [3.8, 4) is 0 Å². The first-order valence-electron chi connectivity index (χ1n) is 10.2. The highest BCUT2D eigenvalue weighted by Crippen LogP contribution is 2.43. The molecule has 0 radical (unpaired) electrons. The number of carbonyl (C=O) groups is 2. The zero-order valence-corrected chi connectivity index (χ0v) is 18.4. The summed E-state index contributed by atoms with van der Waals surface area (Å²) in [6.45, 7) is 0. The van der Waals surface area contributed by atoms with Gasteiger partial charge in [0.15, 0.2) is 5.78 Å². The minimum Gasteiger partial charge on any atom is -0.378 e. The number of sulfonamides is 1. The van der Waals surface area contributed by atoms with Gasteiger partial charge in [0.25, 0.3) is 0 Å². The van der Waals surface area contributed by atoms with Gasteiger partial charge in [-0.25, -0.2) is 13.6 Å². The van der Waals surface area contributed by atoms with Crippen molar-refractivity contribution in [1.29, 1.82) is 0 Å². The molecule has 4 rings (SSSR count). The van der Waals surface area contributed by atoms with Gasteiger partial charge >= 0.3 is 0 Å². The van der Waals surface area contributed by atoms with Gasteiger partial charge in [-0.15, -0.1) is 0 Å². The lowest BCUT2D eigenvalue weighted by molar-refractivity contribution is -0.119. The molecule has 0 aromatic heterocycles. The van der Waals surface area contributed by atoms with Gasteiger partial charge in [-0.2, -0.15) is 0 Å². The van der Waals surface area contributed by atoms with E-state index in [1.807, 2.05) is 43.3 Å². The van der Waals surface area contributed by atoms with Crippen LogP contribution >= 0.6 is 0 Å². The molecule has 0 fully saturated rings. The van der Waals surface area contributed by atoms with E-state index in [4.69, 9.17) is 5.14 Å². The Morgan fingerprint density at radius 3 is 2.19 bits per heavy atom. The third-order valence-electron chi connectivity index (χ3n) is 5.91. The number of nitrogens with two attached hydrogens (primary N) is 1. The number of amides is 1. The van der Waals surface area contributed by atoms with Crippen molar-refractivity contribution in [3.05, 3.63) is 65.4 Å². The highest BCUT2D eigenvalue weighted by Gasteiger charge is 2.39. The van der Waals surface area contributed by atoms with Gasteiger partial charge in [-0.1, -0.05) is 12.1 Å². The Hall–Kier alpha value is -2.97. The van der Waals surface area contributed by atoms with Gasteiger partial charge in [0, 0.05) is 55.5 Å². The predicted octanol–water partition coefficient (Wildman–Crippen LogP) is 2.93. The van der Waals surface area contributed by atoms with E-state index < -0.39 is 10.0 Å². The second-order valence-corrected chi connectivity index (χ2v) is 9.71. The monoisotopic (exact) mass is 439 g/mol. The van der Waals surface area contributed by atoms with Crippen LogP contribution < -0.4 is 14.9 Å². The second-order valence-electron chi connectivity index (χ2n) is 8.15. The number of Topliss-reactive ketones (excluding diaryl/α,β-unsaturated/α-hetero) is 1. The summed E-state index contributed by atoms with van der Waals surface area (Å²) in [4.78, 5) is 29.7. The van der Waals surface area contributed by atoms with E-state index in [0.717, 1.165) is 16.9 Å². The van der Waals surface area contributed by atoms with E-state index in [1.165, 1.54) is 12.1 Å². The summed E-state index contributed by atoms with van der Waals surface area (Å²) in [7, 11) is 0.100. The van der Waals surface area contributed by atoms with E-state index in [1.54, 1.807) is 17.0 Å². The van der Waals surface area contributed by atoms with Crippen LogP contribution in [0.3, 0.4) is 0 Å². The average Bonchev–Trinajstić information content (AvgIpc) is 2.73. The van der Waals surface area contributed by atoms with Crippen LogP contribution in [-0.4, -0.2) is 34.2 Å². The molecular formula is C23H25N3O4S. The zero-order chi connectivity index (χ0) is 22.3. The molecule has 2 aromatic rings. The number of nitrogens with zero attached hydrogens (tertiary/aromatic N) is 2. The molecule has 1 amide bonds. The van der Waals surface area contributed by atoms with Crippen LogP contribution in [0.2, 0.25) is 0 Å². The summed E-state index contributed by atoms with van der Waals surface area (Å²) >= 11 is 0. The van der Waals surface area contributed by atoms with Crippen molar-refractivity contribution in [2.24, 2.45) is 5.14 Å². The van der Waals surface area contributed by atoms with Crippen LogP contribution in [0.5, 0.6) is 0 Å². The van der Waals surface area contributed by atoms with E-state index in [0.29, 0.717) is 30.5 Å². The molecule has 1 aliphatic heterocycles. The number of hydrogen-bond donors (Lipinski definition) is 1. The van der Waals surface area contributed by atoms with E-state index >= 15 is 0 Å². The fraction of sp³-hybridized carbons (Fsp3) is 0.304. The normalized spacial score (nSPS) is 19.5. The first-order valence-corrected chi connectivity index (χ1v) is 11.7. The lowest BCUT2D eigenvalue weighted by Crippen LogP contribution is -2.40. The molecule has 1 heterocycles. The van der Waals surface area contributed by atoms with Crippen molar-refractivity contribution < 1.29 is 18.0 Å². The van der Waals surface area contributed by atoms with Crippen LogP contribution in [0.1, 0.15) is 37.2 Å². The van der Waals surface area contributed by atoms with Crippen molar-refractivity contribution in [1.82, 2.24) is 0 Å². The minimum absolute atomic E-state index is 0.0199. The van der Waals surface area contributed by atoms with Crippen LogP contribution in [0.15, 0.2) is 64.7 Å². The maximum Gasteiger partial charge on any atom is 0.238 e. The van der Waals surface area contributed by atoms with Crippen LogP contribution in [-0.2, 0) is 19.6 Å². The van der Waals surface area contributed by atoms with Crippen molar-refractivity contribution in [2.75, 3.05) is 23.9 Å². The molecule has 8 heteroatoms. The Morgan fingerprint density at radius 1 is 0.968 bits per heavy atom. The van der Waals surface area contributed by atoms with Crippen LogP contribution in [0.25, 0.3) is 0 Å². The average molecular weight is 440 g/mol. The molecule has 162 valence electrons. The molecule has 0 saturated heterocycles. The molecule has 0 bridgehead atoms. The Labute approximate surface area is 182 Å². The number of hydrogen-bond acceptors (Lipinski definition) is 5. The Bertz CT molecular complexity index is 1170. The van der Waals surface area contributed by atoms with Gasteiger partial charge in [-0.05, 0) is 54.8 Å². The third kappa shape index (κ3) is 4.00. The predicted molar refractivity (Wildman–Crippen MR) is 119 cm³/mol. The van der Waals surface area contributed by atoms with E-state index in [2.05, 4.69) is 0 Å². The minimum atomic E-state index is -3.82. The van der Waals surface area contributed by atoms with Crippen molar-refractivity contribution in [2.45, 2.75) is 36.5 Å². The quantitative estimate of drug-likeness (QED) is 0.789. The molecule has 7 nitrogen and oxygen atoms in total. The van der Waals surface area contributed by atoms with Gasteiger partial charge in [0.2, 0.25) is 15.9 Å². The Balaban J connectivity index is 1.78. The van der Waals surface area contributed by atoms with Gasteiger partial charge in [0.1, 0.15) is 0 Å². The Morgan fingerprint density at radius 2 is 1.61 bits per heavy atom. The van der Waals surface area contributed by atoms with Crippen LogP contribution in [0.4, 0.5) is 11.4 Å². The number of benzene rings is 2. The lowest BCUT2D eigenvalue weighted by atomic mass is 9.77. The highest BCUT2D eigenvalue weighted by atomic mass is 32.2. The summed E-state index contributed by atoms with van der Waals surface area (Å²) < 4.78 is 23.1. The molecule has 1 atom stereocenters. The largest absolute Gasteiger partial charge is 0.378 e. The molecule has 0 spiro atoms. The maximum atomic E-state index is 13.2. The van der Waals surface area contributed by atoms with Gasteiger partial charge < -0.3 is 4.90 Å². The number of ketones is 1. The molecule has 2 N–H and O–H groups in total. The topological polar surface area (TPSA) is 101 Å². The Kier molecular flexibility index (Phi) is 5.45. The maximum absolute atomic E-state index is 13.2. The third-order valence-corrected chi connectivity index (χ3v) is 6.84. The highest BCUT2D eigenvalue weighted by molar-refractivity contribution is 7.89. The fourth-order valence-corrected chi connectivity index (χ4v) is 4.88. The lowest BCUT2D eigenvalue weighted by Gasteiger charge is -2.38.